The molecule has 98 valence electrons. The van der Waals surface area contributed by atoms with Crippen molar-refractivity contribution in [3.63, 3.8) is 0 Å². The van der Waals surface area contributed by atoms with Crippen molar-refractivity contribution in [2.75, 3.05) is 19.6 Å². The Balaban J connectivity index is 2.21. The minimum atomic E-state index is 0.0658. The summed E-state index contributed by atoms with van der Waals surface area (Å²) in [6, 6.07) is 0. The number of rotatable bonds is 4. The summed E-state index contributed by atoms with van der Waals surface area (Å²) >= 11 is 0. The van der Waals surface area contributed by atoms with Crippen molar-refractivity contribution in [1.29, 1.82) is 0 Å². The Morgan fingerprint density at radius 1 is 1.56 bits per heavy atom. The SMILES string of the molecule is CCN1CCc2cn(CC(=CF)CN)cc2C1=O. The summed E-state index contributed by atoms with van der Waals surface area (Å²) in [5.74, 6) is 0.0658. The van der Waals surface area contributed by atoms with Gasteiger partial charge in [0.15, 0.2) is 0 Å². The van der Waals surface area contributed by atoms with E-state index < -0.39 is 0 Å². The van der Waals surface area contributed by atoms with Crippen molar-refractivity contribution in [2.45, 2.75) is 19.9 Å². The fourth-order valence-corrected chi connectivity index (χ4v) is 2.25. The average Bonchev–Trinajstić information content (AvgIpc) is 2.80. The molecule has 0 radical (unpaired) electrons. The number of halogens is 1. The van der Waals surface area contributed by atoms with Crippen LogP contribution in [0.2, 0.25) is 0 Å². The van der Waals surface area contributed by atoms with Crippen molar-refractivity contribution in [3.8, 4) is 0 Å². The first-order valence-corrected chi connectivity index (χ1v) is 6.15. The molecule has 1 aliphatic rings. The Morgan fingerprint density at radius 3 is 2.94 bits per heavy atom. The van der Waals surface area contributed by atoms with Crippen LogP contribution < -0.4 is 5.73 Å². The predicted octanol–water partition coefficient (Wildman–Crippen LogP) is 1.32. The number of carbonyl (C=O) groups excluding carboxylic acids is 1. The summed E-state index contributed by atoms with van der Waals surface area (Å²) in [5, 5.41) is 0. The van der Waals surface area contributed by atoms with Crippen LogP contribution in [0, 0.1) is 0 Å². The van der Waals surface area contributed by atoms with Crippen LogP contribution in [-0.2, 0) is 13.0 Å². The van der Waals surface area contributed by atoms with Gasteiger partial charge in [0.2, 0.25) is 0 Å². The van der Waals surface area contributed by atoms with Crippen LogP contribution in [-0.4, -0.2) is 35.0 Å². The maximum Gasteiger partial charge on any atom is 0.255 e. The third-order valence-electron chi connectivity index (χ3n) is 3.32. The fraction of sp³-hybridized carbons (Fsp3) is 0.462. The standard InChI is InChI=1S/C13H18FN3O/c1-2-17-4-3-11-8-16(7-10(5-14)6-15)9-12(11)13(17)18/h5,8-9H,2-4,6-7,15H2,1H3. The summed E-state index contributed by atoms with van der Waals surface area (Å²) in [7, 11) is 0. The summed E-state index contributed by atoms with van der Waals surface area (Å²) in [5.41, 5.74) is 7.72. The van der Waals surface area contributed by atoms with Gasteiger partial charge in [0.1, 0.15) is 0 Å². The van der Waals surface area contributed by atoms with E-state index in [-0.39, 0.29) is 12.5 Å². The topological polar surface area (TPSA) is 51.3 Å². The van der Waals surface area contributed by atoms with E-state index in [2.05, 4.69) is 0 Å². The number of fused-ring (bicyclic) bond motifs is 1. The monoisotopic (exact) mass is 251 g/mol. The fourth-order valence-electron chi connectivity index (χ4n) is 2.25. The minimum Gasteiger partial charge on any atom is -0.349 e. The molecule has 2 heterocycles. The minimum absolute atomic E-state index is 0.0658. The summed E-state index contributed by atoms with van der Waals surface area (Å²) in [4.78, 5) is 13.9. The van der Waals surface area contributed by atoms with Crippen LogP contribution in [0.5, 0.6) is 0 Å². The highest BCUT2D eigenvalue weighted by Crippen LogP contribution is 2.20. The van der Waals surface area contributed by atoms with E-state index in [0.29, 0.717) is 18.4 Å². The van der Waals surface area contributed by atoms with Crippen LogP contribution in [0.4, 0.5) is 4.39 Å². The Bertz CT molecular complexity index is 479. The van der Waals surface area contributed by atoms with Gasteiger partial charge in [-0.15, -0.1) is 0 Å². The quantitative estimate of drug-likeness (QED) is 0.877. The molecule has 2 rings (SSSR count). The molecule has 1 aliphatic heterocycles. The number of nitrogens with zero attached hydrogens (tertiary/aromatic N) is 2. The molecule has 0 fully saturated rings. The number of aromatic nitrogens is 1. The number of hydrogen-bond acceptors (Lipinski definition) is 2. The second-order valence-electron chi connectivity index (χ2n) is 4.48. The van der Waals surface area contributed by atoms with Crippen molar-refractivity contribution in [3.05, 3.63) is 35.4 Å². The Labute approximate surface area is 106 Å². The number of carbonyl (C=O) groups is 1. The summed E-state index contributed by atoms with van der Waals surface area (Å²) in [6.07, 6.45) is 5.11. The first kappa shape index (κ1) is 12.8. The van der Waals surface area contributed by atoms with Gasteiger partial charge in [0.05, 0.1) is 11.9 Å². The molecule has 1 aromatic rings. The summed E-state index contributed by atoms with van der Waals surface area (Å²) < 4.78 is 14.3. The Morgan fingerprint density at radius 2 is 2.33 bits per heavy atom. The van der Waals surface area contributed by atoms with Gasteiger partial charge in [-0.3, -0.25) is 4.79 Å². The van der Waals surface area contributed by atoms with E-state index in [1.54, 1.807) is 6.20 Å². The highest BCUT2D eigenvalue weighted by molar-refractivity contribution is 5.96. The Hall–Kier alpha value is -1.62. The third-order valence-corrected chi connectivity index (χ3v) is 3.32. The molecule has 0 saturated carbocycles. The maximum absolute atomic E-state index is 12.5. The van der Waals surface area contributed by atoms with Crippen LogP contribution in [0.1, 0.15) is 22.8 Å². The molecule has 5 heteroatoms. The predicted molar refractivity (Wildman–Crippen MR) is 68.0 cm³/mol. The van der Waals surface area contributed by atoms with Gasteiger partial charge >= 0.3 is 0 Å². The number of hydrogen-bond donors (Lipinski definition) is 1. The van der Waals surface area contributed by atoms with Crippen LogP contribution in [0.25, 0.3) is 0 Å². The summed E-state index contributed by atoms with van der Waals surface area (Å²) in [6.45, 7) is 4.04. The molecule has 0 atom stereocenters. The van der Waals surface area contributed by atoms with Crippen LogP contribution in [0.3, 0.4) is 0 Å². The van der Waals surface area contributed by atoms with Gasteiger partial charge in [0.25, 0.3) is 5.91 Å². The first-order valence-electron chi connectivity index (χ1n) is 6.15. The van der Waals surface area contributed by atoms with E-state index in [1.165, 1.54) is 0 Å². The molecule has 1 amide bonds. The lowest BCUT2D eigenvalue weighted by atomic mass is 10.1. The Kier molecular flexibility index (Phi) is 3.81. The number of amides is 1. The molecule has 1 aromatic heterocycles. The molecular formula is C13H18FN3O. The first-order chi connectivity index (χ1) is 8.69. The molecule has 0 aliphatic carbocycles. The van der Waals surface area contributed by atoms with Crippen molar-refractivity contribution in [2.24, 2.45) is 5.73 Å². The average molecular weight is 251 g/mol. The van der Waals surface area contributed by atoms with Crippen molar-refractivity contribution < 1.29 is 9.18 Å². The number of likely N-dealkylation sites (N-methyl/N-ethyl adjacent to an activating group) is 1. The van der Waals surface area contributed by atoms with Gasteiger partial charge in [-0.1, -0.05) is 0 Å². The molecule has 0 unspecified atom stereocenters. The van der Waals surface area contributed by atoms with Crippen molar-refractivity contribution >= 4 is 5.91 Å². The van der Waals surface area contributed by atoms with E-state index in [1.807, 2.05) is 22.6 Å². The lowest BCUT2D eigenvalue weighted by Crippen LogP contribution is -2.36. The highest BCUT2D eigenvalue weighted by Gasteiger charge is 2.24. The zero-order valence-electron chi connectivity index (χ0n) is 10.5. The lowest BCUT2D eigenvalue weighted by molar-refractivity contribution is 0.0750. The van der Waals surface area contributed by atoms with E-state index >= 15 is 0 Å². The highest BCUT2D eigenvalue weighted by atomic mass is 19.1. The van der Waals surface area contributed by atoms with Gasteiger partial charge < -0.3 is 15.2 Å². The van der Waals surface area contributed by atoms with Gasteiger partial charge in [0, 0.05) is 38.6 Å². The van der Waals surface area contributed by atoms with E-state index in [4.69, 9.17) is 5.73 Å². The number of nitrogens with two attached hydrogens (primary N) is 1. The molecule has 18 heavy (non-hydrogen) atoms. The van der Waals surface area contributed by atoms with E-state index in [0.717, 1.165) is 30.6 Å². The van der Waals surface area contributed by atoms with Gasteiger partial charge in [-0.25, -0.2) is 4.39 Å². The maximum atomic E-state index is 12.5. The van der Waals surface area contributed by atoms with Gasteiger partial charge in [-0.2, -0.15) is 0 Å². The zero-order valence-corrected chi connectivity index (χ0v) is 10.5. The van der Waals surface area contributed by atoms with E-state index in [9.17, 15) is 9.18 Å². The third kappa shape index (κ3) is 2.31. The lowest BCUT2D eigenvalue weighted by Gasteiger charge is -2.25. The van der Waals surface area contributed by atoms with Crippen LogP contribution in [0.15, 0.2) is 24.3 Å². The molecule has 2 N–H and O–H groups in total. The second-order valence-corrected chi connectivity index (χ2v) is 4.48. The normalized spacial score (nSPS) is 16.1. The van der Waals surface area contributed by atoms with Gasteiger partial charge in [-0.05, 0) is 24.5 Å². The molecule has 0 bridgehead atoms. The molecular weight excluding hydrogens is 233 g/mol. The molecule has 4 nitrogen and oxygen atoms in total. The zero-order chi connectivity index (χ0) is 13.1. The molecule has 0 aromatic carbocycles. The molecule has 0 spiro atoms. The molecule has 0 saturated heterocycles. The smallest absolute Gasteiger partial charge is 0.255 e. The second kappa shape index (κ2) is 5.35. The largest absolute Gasteiger partial charge is 0.349 e. The van der Waals surface area contributed by atoms with Crippen molar-refractivity contribution in [1.82, 2.24) is 9.47 Å². The van der Waals surface area contributed by atoms with Crippen LogP contribution >= 0.6 is 0 Å².